The summed E-state index contributed by atoms with van der Waals surface area (Å²) in [5.74, 6) is 0. The molecule has 0 aromatic heterocycles. The highest BCUT2D eigenvalue weighted by Gasteiger charge is 2.40. The van der Waals surface area contributed by atoms with E-state index in [-0.39, 0.29) is 10.8 Å². The second kappa shape index (κ2) is 9.94. The molecule has 0 unspecified atom stereocenters. The summed E-state index contributed by atoms with van der Waals surface area (Å²) < 4.78 is 0. The number of nitrogens with zero attached hydrogens (tertiary/aromatic N) is 1. The van der Waals surface area contributed by atoms with Crippen LogP contribution < -0.4 is 4.90 Å². The van der Waals surface area contributed by atoms with Gasteiger partial charge in [-0.15, -0.1) is 0 Å². The van der Waals surface area contributed by atoms with Gasteiger partial charge in [-0.25, -0.2) is 0 Å². The fraction of sp³-hybridized carbons (Fsp3) is 0.125. The molecule has 2 aliphatic rings. The molecule has 0 heterocycles. The van der Waals surface area contributed by atoms with Crippen LogP contribution in [0.1, 0.15) is 49.9 Å². The van der Waals surface area contributed by atoms with Crippen molar-refractivity contribution in [1.29, 1.82) is 0 Å². The summed E-state index contributed by atoms with van der Waals surface area (Å²) in [5, 5.41) is 7.70. The zero-order chi connectivity index (χ0) is 33.1. The second-order valence-electron chi connectivity index (χ2n) is 14.9. The van der Waals surface area contributed by atoms with Gasteiger partial charge in [0.2, 0.25) is 0 Å². The van der Waals surface area contributed by atoms with Crippen molar-refractivity contribution in [2.24, 2.45) is 0 Å². The quantitative estimate of drug-likeness (QED) is 0.176. The van der Waals surface area contributed by atoms with E-state index in [4.69, 9.17) is 0 Å². The lowest BCUT2D eigenvalue weighted by molar-refractivity contribution is 0.660. The summed E-state index contributed by atoms with van der Waals surface area (Å²) in [6.07, 6.45) is 0. The van der Waals surface area contributed by atoms with E-state index < -0.39 is 0 Å². The van der Waals surface area contributed by atoms with Crippen molar-refractivity contribution in [3.8, 4) is 22.3 Å². The van der Waals surface area contributed by atoms with E-state index in [9.17, 15) is 0 Å². The first-order valence-corrected chi connectivity index (χ1v) is 17.5. The summed E-state index contributed by atoms with van der Waals surface area (Å²) >= 11 is 0. The van der Waals surface area contributed by atoms with Gasteiger partial charge in [-0.05, 0) is 90.0 Å². The number of benzene rings is 8. The molecule has 0 aliphatic heterocycles. The maximum absolute atomic E-state index is 2.56. The van der Waals surface area contributed by atoms with Gasteiger partial charge in [0.05, 0.1) is 11.4 Å². The average molecular weight is 628 g/mol. The molecule has 8 aromatic carbocycles. The Kier molecular flexibility index (Phi) is 5.75. The van der Waals surface area contributed by atoms with E-state index in [1.54, 1.807) is 0 Å². The fourth-order valence-corrected chi connectivity index (χ4v) is 9.21. The van der Waals surface area contributed by atoms with Crippen molar-refractivity contribution < 1.29 is 0 Å². The zero-order valence-electron chi connectivity index (χ0n) is 28.4. The molecule has 0 amide bonds. The standard InChI is InChI=1S/C48H37N/c1-47(2)38-17-9-7-15-36(38)45-40(47)19-11-21-42(45)49(43-22-12-20-41-46(43)37-16-8-10-18-39(37)48(41,3)4)33-27-28-35-32(29-33)26-25-31-24-23-30-13-5-6-14-34(30)44(31)35/h5-29H,1-4H3. The number of hydrogen-bond acceptors (Lipinski definition) is 1. The molecule has 0 N–H and O–H groups in total. The first kappa shape index (κ1) is 28.4. The SMILES string of the molecule is CC1(C)c2ccccc2-c2c(N(c3ccc4c(ccc5ccc6ccccc6c54)c3)c3cccc4c3-c3ccccc3C4(C)C)cccc21. The van der Waals surface area contributed by atoms with Crippen LogP contribution in [0.3, 0.4) is 0 Å². The lowest BCUT2D eigenvalue weighted by Crippen LogP contribution is -2.17. The molecule has 8 aromatic rings. The normalized spacial score (nSPS) is 14.9. The van der Waals surface area contributed by atoms with E-state index >= 15 is 0 Å². The molecule has 1 heteroatoms. The van der Waals surface area contributed by atoms with Gasteiger partial charge < -0.3 is 4.90 Å². The van der Waals surface area contributed by atoms with Crippen LogP contribution in [0.25, 0.3) is 54.6 Å². The minimum atomic E-state index is -0.0931. The summed E-state index contributed by atoms with van der Waals surface area (Å²) in [6, 6.07) is 56.8. The van der Waals surface area contributed by atoms with Gasteiger partial charge in [-0.3, -0.25) is 0 Å². The highest BCUT2D eigenvalue weighted by Crippen LogP contribution is 2.58. The predicted octanol–water partition coefficient (Wildman–Crippen LogP) is 13.2. The number of hydrogen-bond donors (Lipinski definition) is 0. The minimum Gasteiger partial charge on any atom is -0.309 e. The zero-order valence-corrected chi connectivity index (χ0v) is 28.4. The Morgan fingerprint density at radius 2 is 0.878 bits per heavy atom. The number of fused-ring (bicyclic) bond motifs is 11. The lowest BCUT2D eigenvalue weighted by atomic mass is 9.82. The Bertz CT molecular complexity index is 2570. The van der Waals surface area contributed by atoms with E-state index in [1.807, 2.05) is 0 Å². The highest BCUT2D eigenvalue weighted by atomic mass is 15.1. The maximum atomic E-state index is 2.56. The number of anilines is 3. The molecule has 49 heavy (non-hydrogen) atoms. The summed E-state index contributed by atoms with van der Waals surface area (Å²) in [5.41, 5.74) is 14.3. The van der Waals surface area contributed by atoms with Crippen molar-refractivity contribution in [2.75, 3.05) is 4.90 Å². The van der Waals surface area contributed by atoms with Gasteiger partial charge in [-0.1, -0.05) is 155 Å². The molecule has 2 aliphatic carbocycles. The first-order valence-electron chi connectivity index (χ1n) is 17.5. The van der Waals surface area contributed by atoms with Gasteiger partial charge in [0.15, 0.2) is 0 Å². The molecule has 0 radical (unpaired) electrons. The predicted molar refractivity (Wildman–Crippen MR) is 209 cm³/mol. The largest absolute Gasteiger partial charge is 0.309 e. The van der Waals surface area contributed by atoms with Gasteiger partial charge in [0.1, 0.15) is 0 Å². The van der Waals surface area contributed by atoms with Crippen molar-refractivity contribution in [1.82, 2.24) is 0 Å². The van der Waals surface area contributed by atoms with Crippen molar-refractivity contribution >= 4 is 49.4 Å². The molecule has 0 fully saturated rings. The average Bonchev–Trinajstić information content (AvgIpc) is 3.52. The van der Waals surface area contributed by atoms with E-state index in [0.29, 0.717) is 0 Å². The third kappa shape index (κ3) is 3.82. The topological polar surface area (TPSA) is 3.24 Å². The van der Waals surface area contributed by atoms with Crippen LogP contribution in [0.4, 0.5) is 17.1 Å². The van der Waals surface area contributed by atoms with Crippen LogP contribution in [-0.4, -0.2) is 0 Å². The molecule has 10 rings (SSSR count). The Balaban J connectivity index is 1.30. The maximum Gasteiger partial charge on any atom is 0.0543 e. The Hall–Kier alpha value is -5.66. The Labute approximate surface area is 288 Å². The summed E-state index contributed by atoms with van der Waals surface area (Å²) in [6.45, 7) is 9.49. The Morgan fingerprint density at radius 1 is 0.388 bits per heavy atom. The van der Waals surface area contributed by atoms with Crippen LogP contribution in [0.2, 0.25) is 0 Å². The van der Waals surface area contributed by atoms with Crippen molar-refractivity contribution in [3.63, 3.8) is 0 Å². The molecular formula is C48H37N. The van der Waals surface area contributed by atoms with Crippen molar-refractivity contribution in [2.45, 2.75) is 38.5 Å². The molecule has 0 saturated heterocycles. The monoisotopic (exact) mass is 627 g/mol. The molecule has 0 saturated carbocycles. The van der Waals surface area contributed by atoms with Gasteiger partial charge in [0.25, 0.3) is 0 Å². The van der Waals surface area contributed by atoms with E-state index in [2.05, 4.69) is 184 Å². The van der Waals surface area contributed by atoms with Crippen LogP contribution in [0.5, 0.6) is 0 Å². The van der Waals surface area contributed by atoms with E-state index in [0.717, 1.165) is 0 Å². The van der Waals surface area contributed by atoms with Gasteiger partial charge >= 0.3 is 0 Å². The highest BCUT2D eigenvalue weighted by molar-refractivity contribution is 6.20. The second-order valence-corrected chi connectivity index (χ2v) is 14.9. The first-order chi connectivity index (χ1) is 23.8. The molecule has 0 bridgehead atoms. The van der Waals surface area contributed by atoms with E-state index in [1.165, 1.54) is 93.9 Å². The molecular weight excluding hydrogens is 591 g/mol. The summed E-state index contributed by atoms with van der Waals surface area (Å²) in [7, 11) is 0. The smallest absolute Gasteiger partial charge is 0.0543 e. The lowest BCUT2D eigenvalue weighted by Gasteiger charge is -2.31. The van der Waals surface area contributed by atoms with Crippen LogP contribution in [0, 0.1) is 0 Å². The van der Waals surface area contributed by atoms with Gasteiger partial charge in [-0.2, -0.15) is 0 Å². The third-order valence-corrected chi connectivity index (χ3v) is 11.6. The van der Waals surface area contributed by atoms with Crippen LogP contribution in [0.15, 0.2) is 152 Å². The third-order valence-electron chi connectivity index (χ3n) is 11.6. The summed E-state index contributed by atoms with van der Waals surface area (Å²) in [4.78, 5) is 2.56. The van der Waals surface area contributed by atoms with Gasteiger partial charge in [0, 0.05) is 27.6 Å². The van der Waals surface area contributed by atoms with Crippen molar-refractivity contribution in [3.05, 3.63) is 174 Å². The fourth-order valence-electron chi connectivity index (χ4n) is 9.21. The van der Waals surface area contributed by atoms with Crippen LogP contribution >= 0.6 is 0 Å². The minimum absolute atomic E-state index is 0.0931. The molecule has 234 valence electrons. The molecule has 0 spiro atoms. The van der Waals surface area contributed by atoms with Crippen LogP contribution in [-0.2, 0) is 10.8 Å². The number of rotatable bonds is 3. The molecule has 0 atom stereocenters. The molecule has 1 nitrogen and oxygen atoms in total. The Morgan fingerprint density at radius 3 is 1.51 bits per heavy atom.